The SMILES string of the molecule is Cc1nnc(C23CCOC2CCN(C(=O)c2cnccn2)C3)o1. The Balaban J connectivity index is 1.65. The van der Waals surface area contributed by atoms with Crippen LogP contribution < -0.4 is 0 Å². The Morgan fingerprint density at radius 1 is 1.39 bits per heavy atom. The van der Waals surface area contributed by atoms with E-state index >= 15 is 0 Å². The summed E-state index contributed by atoms with van der Waals surface area (Å²) in [6.45, 7) is 3.52. The first-order valence-electron chi connectivity index (χ1n) is 7.66. The fourth-order valence-electron chi connectivity index (χ4n) is 3.49. The number of likely N-dealkylation sites (tertiary alicyclic amines) is 1. The third-order valence-electron chi connectivity index (χ3n) is 4.64. The zero-order valence-electron chi connectivity index (χ0n) is 12.8. The van der Waals surface area contributed by atoms with Crippen molar-refractivity contribution in [1.29, 1.82) is 0 Å². The largest absolute Gasteiger partial charge is 0.425 e. The highest BCUT2D eigenvalue weighted by atomic mass is 16.5. The Bertz CT molecular complexity index is 719. The van der Waals surface area contributed by atoms with Crippen molar-refractivity contribution in [3.05, 3.63) is 36.1 Å². The average Bonchev–Trinajstić information content (AvgIpc) is 3.21. The van der Waals surface area contributed by atoms with Crippen molar-refractivity contribution in [2.45, 2.75) is 31.3 Å². The molecule has 1 amide bonds. The minimum absolute atomic E-state index is 0.00765. The molecular formula is C15H17N5O3. The van der Waals surface area contributed by atoms with Gasteiger partial charge in [0.25, 0.3) is 5.91 Å². The van der Waals surface area contributed by atoms with Gasteiger partial charge < -0.3 is 14.1 Å². The molecule has 4 heterocycles. The lowest BCUT2D eigenvalue weighted by Gasteiger charge is -2.41. The molecule has 2 aliphatic heterocycles. The zero-order valence-corrected chi connectivity index (χ0v) is 12.8. The molecule has 4 rings (SSSR count). The molecule has 0 saturated carbocycles. The van der Waals surface area contributed by atoms with Crippen LogP contribution in [0.4, 0.5) is 0 Å². The summed E-state index contributed by atoms with van der Waals surface area (Å²) in [6.07, 6.45) is 6.08. The quantitative estimate of drug-likeness (QED) is 0.806. The standard InChI is InChI=1S/C15H17N5O3/c1-10-18-19-14(23-10)15-3-7-22-12(15)2-6-20(9-15)13(21)11-8-16-4-5-17-11/h4-5,8,12H,2-3,6-7,9H2,1H3. The number of hydrogen-bond donors (Lipinski definition) is 0. The number of amides is 1. The van der Waals surface area contributed by atoms with E-state index in [1.165, 1.54) is 12.4 Å². The van der Waals surface area contributed by atoms with Gasteiger partial charge in [0.05, 0.1) is 17.7 Å². The molecule has 2 fully saturated rings. The van der Waals surface area contributed by atoms with Crippen molar-refractivity contribution in [2.24, 2.45) is 0 Å². The number of carbonyl (C=O) groups excluding carboxylic acids is 1. The maximum Gasteiger partial charge on any atom is 0.274 e. The summed E-state index contributed by atoms with van der Waals surface area (Å²) in [7, 11) is 0. The second kappa shape index (κ2) is 5.38. The van der Waals surface area contributed by atoms with E-state index in [0.29, 0.717) is 37.2 Å². The number of rotatable bonds is 2. The number of fused-ring (bicyclic) bond motifs is 1. The third-order valence-corrected chi connectivity index (χ3v) is 4.64. The second-order valence-electron chi connectivity index (χ2n) is 6.00. The van der Waals surface area contributed by atoms with Gasteiger partial charge in [-0.25, -0.2) is 4.98 Å². The lowest BCUT2D eigenvalue weighted by molar-refractivity contribution is 0.00944. The topological polar surface area (TPSA) is 94.2 Å². The predicted molar refractivity (Wildman–Crippen MR) is 77.6 cm³/mol. The number of aryl methyl sites for hydroxylation is 1. The van der Waals surface area contributed by atoms with Gasteiger partial charge in [0.1, 0.15) is 5.69 Å². The van der Waals surface area contributed by atoms with Crippen LogP contribution in [0.25, 0.3) is 0 Å². The predicted octanol–water partition coefficient (Wildman–Crippen LogP) is 0.741. The summed E-state index contributed by atoms with van der Waals surface area (Å²) < 4.78 is 11.6. The average molecular weight is 315 g/mol. The van der Waals surface area contributed by atoms with Gasteiger partial charge in [-0.2, -0.15) is 0 Å². The minimum atomic E-state index is -0.419. The fourth-order valence-corrected chi connectivity index (χ4v) is 3.49. The van der Waals surface area contributed by atoms with E-state index in [0.717, 1.165) is 12.8 Å². The van der Waals surface area contributed by atoms with Gasteiger partial charge in [-0.15, -0.1) is 10.2 Å². The molecule has 8 heteroatoms. The summed E-state index contributed by atoms with van der Waals surface area (Å²) in [5, 5.41) is 8.15. The van der Waals surface area contributed by atoms with Crippen LogP contribution >= 0.6 is 0 Å². The van der Waals surface area contributed by atoms with E-state index in [1.54, 1.807) is 18.0 Å². The normalized spacial score (nSPS) is 27.0. The van der Waals surface area contributed by atoms with Crippen LogP contribution in [0.1, 0.15) is 35.1 Å². The summed E-state index contributed by atoms with van der Waals surface area (Å²) >= 11 is 0. The van der Waals surface area contributed by atoms with E-state index in [-0.39, 0.29) is 12.0 Å². The number of carbonyl (C=O) groups is 1. The molecular weight excluding hydrogens is 298 g/mol. The van der Waals surface area contributed by atoms with Crippen LogP contribution in [0.5, 0.6) is 0 Å². The van der Waals surface area contributed by atoms with Crippen molar-refractivity contribution < 1.29 is 13.9 Å². The molecule has 2 saturated heterocycles. The van der Waals surface area contributed by atoms with E-state index in [1.807, 2.05) is 0 Å². The molecule has 2 aromatic heterocycles. The van der Waals surface area contributed by atoms with Gasteiger partial charge in [-0.05, 0) is 12.8 Å². The van der Waals surface area contributed by atoms with Crippen LogP contribution in [0.3, 0.4) is 0 Å². The first kappa shape index (κ1) is 14.3. The first-order chi connectivity index (χ1) is 11.2. The van der Waals surface area contributed by atoms with Crippen LogP contribution in [-0.4, -0.2) is 56.8 Å². The number of nitrogens with zero attached hydrogens (tertiary/aromatic N) is 5. The number of piperidine rings is 1. The second-order valence-corrected chi connectivity index (χ2v) is 6.00. The fraction of sp³-hybridized carbons (Fsp3) is 0.533. The Kier molecular flexibility index (Phi) is 3.33. The molecule has 120 valence electrons. The highest BCUT2D eigenvalue weighted by molar-refractivity contribution is 5.92. The molecule has 2 aliphatic rings. The number of hydrogen-bond acceptors (Lipinski definition) is 7. The highest BCUT2D eigenvalue weighted by Gasteiger charge is 2.53. The van der Waals surface area contributed by atoms with Crippen LogP contribution in [0.2, 0.25) is 0 Å². The van der Waals surface area contributed by atoms with Gasteiger partial charge in [-0.3, -0.25) is 9.78 Å². The maximum atomic E-state index is 12.7. The zero-order chi connectivity index (χ0) is 15.9. The summed E-state index contributed by atoms with van der Waals surface area (Å²) in [5.74, 6) is 0.964. The first-order valence-corrected chi connectivity index (χ1v) is 7.66. The smallest absolute Gasteiger partial charge is 0.274 e. The van der Waals surface area contributed by atoms with Gasteiger partial charge >= 0.3 is 0 Å². The molecule has 0 radical (unpaired) electrons. The van der Waals surface area contributed by atoms with Crippen molar-refractivity contribution in [2.75, 3.05) is 19.7 Å². The summed E-state index contributed by atoms with van der Waals surface area (Å²) in [4.78, 5) is 22.5. The van der Waals surface area contributed by atoms with Crippen LogP contribution in [0, 0.1) is 6.92 Å². The number of aromatic nitrogens is 4. The summed E-state index contributed by atoms with van der Waals surface area (Å²) in [6, 6.07) is 0. The minimum Gasteiger partial charge on any atom is -0.425 e. The van der Waals surface area contributed by atoms with Crippen molar-refractivity contribution in [3.63, 3.8) is 0 Å². The van der Waals surface area contributed by atoms with E-state index in [4.69, 9.17) is 9.15 Å². The third kappa shape index (κ3) is 2.29. The molecule has 8 nitrogen and oxygen atoms in total. The molecule has 2 atom stereocenters. The lowest BCUT2D eigenvalue weighted by atomic mass is 9.76. The van der Waals surface area contributed by atoms with Crippen LogP contribution in [-0.2, 0) is 10.2 Å². The Morgan fingerprint density at radius 3 is 3.04 bits per heavy atom. The summed E-state index contributed by atoms with van der Waals surface area (Å²) in [5.41, 5.74) is -0.0704. The highest BCUT2D eigenvalue weighted by Crippen LogP contribution is 2.43. The molecule has 0 bridgehead atoms. The van der Waals surface area contributed by atoms with Crippen LogP contribution in [0.15, 0.2) is 23.0 Å². The van der Waals surface area contributed by atoms with Crippen molar-refractivity contribution in [1.82, 2.24) is 25.1 Å². The van der Waals surface area contributed by atoms with E-state index in [9.17, 15) is 4.79 Å². The van der Waals surface area contributed by atoms with Gasteiger partial charge in [-0.1, -0.05) is 0 Å². The Hall–Kier alpha value is -2.35. The van der Waals surface area contributed by atoms with Crippen molar-refractivity contribution in [3.8, 4) is 0 Å². The Labute approximate surface area is 132 Å². The molecule has 0 aromatic carbocycles. The molecule has 2 aromatic rings. The molecule has 0 aliphatic carbocycles. The van der Waals surface area contributed by atoms with E-state index < -0.39 is 5.41 Å². The van der Waals surface area contributed by atoms with Gasteiger partial charge in [0.15, 0.2) is 0 Å². The molecule has 0 N–H and O–H groups in total. The lowest BCUT2D eigenvalue weighted by Crippen LogP contribution is -2.54. The van der Waals surface area contributed by atoms with E-state index in [2.05, 4.69) is 20.2 Å². The molecule has 23 heavy (non-hydrogen) atoms. The maximum absolute atomic E-state index is 12.7. The van der Waals surface area contributed by atoms with Gasteiger partial charge in [0.2, 0.25) is 11.8 Å². The Morgan fingerprint density at radius 2 is 2.30 bits per heavy atom. The molecule has 2 unspecified atom stereocenters. The monoisotopic (exact) mass is 315 g/mol. The molecule has 0 spiro atoms. The van der Waals surface area contributed by atoms with Gasteiger partial charge in [0, 0.05) is 39.0 Å². The van der Waals surface area contributed by atoms with Crippen molar-refractivity contribution >= 4 is 5.91 Å². The number of ether oxygens (including phenoxy) is 1.